The van der Waals surface area contributed by atoms with Crippen molar-refractivity contribution in [1.29, 1.82) is 0 Å². The van der Waals surface area contributed by atoms with E-state index in [9.17, 15) is 5.11 Å². The number of likely N-dealkylation sites (tertiary alicyclic amines) is 1. The second-order valence-electron chi connectivity index (χ2n) is 12.8. The highest BCUT2D eigenvalue weighted by Crippen LogP contribution is 2.70. The van der Waals surface area contributed by atoms with Crippen molar-refractivity contribution in [2.75, 3.05) is 25.4 Å². The molecule has 2 heterocycles. The molecular formula is C29H45NO2S. The molecule has 0 radical (unpaired) electrons. The van der Waals surface area contributed by atoms with Crippen molar-refractivity contribution in [2.24, 2.45) is 28.6 Å². The first kappa shape index (κ1) is 23.0. The van der Waals surface area contributed by atoms with Crippen molar-refractivity contribution in [3.8, 4) is 0 Å². The molecule has 0 amide bonds. The molecule has 8 atom stereocenters. The van der Waals surface area contributed by atoms with Gasteiger partial charge < -0.3 is 14.4 Å². The molecule has 5 fully saturated rings. The predicted molar refractivity (Wildman–Crippen MR) is 137 cm³/mol. The topological polar surface area (TPSA) is 36.6 Å². The van der Waals surface area contributed by atoms with Gasteiger partial charge in [-0.3, -0.25) is 0 Å². The largest absolute Gasteiger partial charge is 0.472 e. The molecule has 33 heavy (non-hydrogen) atoms. The van der Waals surface area contributed by atoms with E-state index in [-0.39, 0.29) is 5.41 Å². The van der Waals surface area contributed by atoms with Gasteiger partial charge in [0.05, 0.1) is 18.1 Å². The van der Waals surface area contributed by atoms with Crippen LogP contribution in [0.25, 0.3) is 0 Å². The number of nitrogens with zero attached hydrogens (tertiary/aromatic N) is 1. The summed E-state index contributed by atoms with van der Waals surface area (Å²) in [5.74, 6) is 3.86. The van der Waals surface area contributed by atoms with Crippen molar-refractivity contribution >= 4 is 11.8 Å². The highest BCUT2D eigenvalue weighted by molar-refractivity contribution is 7.99. The molecule has 4 saturated carbocycles. The molecule has 3 nitrogen and oxygen atoms in total. The van der Waals surface area contributed by atoms with E-state index in [0.717, 1.165) is 24.0 Å². The second-order valence-corrected chi connectivity index (χ2v) is 14.2. The van der Waals surface area contributed by atoms with E-state index in [4.69, 9.17) is 4.42 Å². The van der Waals surface area contributed by atoms with E-state index in [2.05, 4.69) is 36.6 Å². The third-order valence-electron chi connectivity index (χ3n) is 11.7. The summed E-state index contributed by atoms with van der Waals surface area (Å²) in [6, 6.07) is 2.15. The summed E-state index contributed by atoms with van der Waals surface area (Å²) in [5.41, 5.74) is 1.27. The smallest absolute Gasteiger partial charge is 0.0937 e. The summed E-state index contributed by atoms with van der Waals surface area (Å²) in [6.07, 6.45) is 18.0. The van der Waals surface area contributed by atoms with E-state index in [1.54, 1.807) is 0 Å². The van der Waals surface area contributed by atoms with Crippen LogP contribution in [0.1, 0.15) is 96.0 Å². The molecule has 1 N–H and O–H groups in total. The number of aliphatic hydroxyl groups is 1. The predicted octanol–water partition coefficient (Wildman–Crippen LogP) is 6.72. The van der Waals surface area contributed by atoms with Gasteiger partial charge in [-0.15, -0.1) is 0 Å². The van der Waals surface area contributed by atoms with Gasteiger partial charge in [0.2, 0.25) is 0 Å². The number of fused-ring (bicyclic) bond motifs is 5. The lowest BCUT2D eigenvalue weighted by Gasteiger charge is -2.63. The zero-order valence-corrected chi connectivity index (χ0v) is 21.8. The fourth-order valence-electron chi connectivity index (χ4n) is 9.70. The first-order chi connectivity index (χ1) is 15.9. The normalized spacial score (nSPS) is 47.8. The number of furan rings is 1. The fourth-order valence-corrected chi connectivity index (χ4v) is 11.0. The van der Waals surface area contributed by atoms with Crippen molar-refractivity contribution in [2.45, 2.75) is 101 Å². The summed E-state index contributed by atoms with van der Waals surface area (Å²) in [6.45, 7) is 9.01. The Balaban J connectivity index is 1.14. The van der Waals surface area contributed by atoms with E-state index in [1.807, 2.05) is 12.5 Å². The Hall–Kier alpha value is -0.450. The lowest BCUT2D eigenvalue weighted by molar-refractivity contribution is -0.200. The molecule has 1 saturated heterocycles. The molecule has 0 spiro atoms. The molecule has 1 aromatic heterocycles. The van der Waals surface area contributed by atoms with Crippen molar-refractivity contribution in [1.82, 2.24) is 4.90 Å². The number of hydrogen-bond acceptors (Lipinski definition) is 4. The first-order valence-corrected chi connectivity index (χ1v) is 15.1. The van der Waals surface area contributed by atoms with Gasteiger partial charge in [0.1, 0.15) is 0 Å². The number of rotatable bonds is 5. The van der Waals surface area contributed by atoms with Crippen LogP contribution >= 0.6 is 11.8 Å². The molecule has 0 bridgehead atoms. The molecular weight excluding hydrogens is 426 g/mol. The number of thioether (sulfide) groups is 1. The molecule has 1 aliphatic heterocycles. The average molecular weight is 472 g/mol. The zero-order valence-electron chi connectivity index (χ0n) is 20.9. The maximum absolute atomic E-state index is 12.4. The van der Waals surface area contributed by atoms with E-state index >= 15 is 0 Å². The molecule has 3 unspecified atom stereocenters. The Morgan fingerprint density at radius 3 is 2.67 bits per heavy atom. The van der Waals surface area contributed by atoms with Gasteiger partial charge in [0.15, 0.2) is 0 Å². The molecule has 5 aliphatic rings. The number of hydrogen-bond donors (Lipinski definition) is 1. The molecule has 4 heteroatoms. The third kappa shape index (κ3) is 3.59. The van der Waals surface area contributed by atoms with E-state index in [0.29, 0.717) is 23.2 Å². The second kappa shape index (κ2) is 8.59. The van der Waals surface area contributed by atoms with E-state index in [1.165, 1.54) is 88.7 Å². The van der Waals surface area contributed by atoms with Crippen molar-refractivity contribution < 1.29 is 9.52 Å². The molecule has 184 valence electrons. The van der Waals surface area contributed by atoms with Crippen molar-refractivity contribution in [3.05, 3.63) is 24.2 Å². The van der Waals surface area contributed by atoms with Crippen molar-refractivity contribution in [3.63, 3.8) is 0 Å². The quantitative estimate of drug-likeness (QED) is 0.517. The lowest BCUT2D eigenvalue weighted by Crippen LogP contribution is -2.61. The minimum atomic E-state index is -0.493. The van der Waals surface area contributed by atoms with Crippen LogP contribution in [0.2, 0.25) is 0 Å². The van der Waals surface area contributed by atoms with Crippen LogP contribution < -0.4 is 0 Å². The minimum Gasteiger partial charge on any atom is -0.472 e. The van der Waals surface area contributed by atoms with Gasteiger partial charge in [0.25, 0.3) is 0 Å². The van der Waals surface area contributed by atoms with Crippen LogP contribution in [0.15, 0.2) is 23.0 Å². The molecule has 6 rings (SSSR count). The Labute approximate surface area is 205 Å². The molecule has 1 aromatic rings. The van der Waals surface area contributed by atoms with Crippen LogP contribution in [0, 0.1) is 28.6 Å². The first-order valence-electron chi connectivity index (χ1n) is 14.0. The van der Waals surface area contributed by atoms with Crippen LogP contribution in [0.3, 0.4) is 0 Å². The Bertz CT molecular complexity index is 822. The summed E-state index contributed by atoms with van der Waals surface area (Å²) in [7, 11) is 0. The monoisotopic (exact) mass is 471 g/mol. The molecule has 0 aromatic carbocycles. The highest BCUT2D eigenvalue weighted by Gasteiger charge is 2.67. The van der Waals surface area contributed by atoms with Gasteiger partial charge in [-0.1, -0.05) is 13.8 Å². The highest BCUT2D eigenvalue weighted by atomic mass is 32.2. The Morgan fingerprint density at radius 1 is 1.03 bits per heavy atom. The summed E-state index contributed by atoms with van der Waals surface area (Å²) in [4.78, 5) is 2.67. The minimum absolute atomic E-state index is 0.00383. The summed E-state index contributed by atoms with van der Waals surface area (Å²) >= 11 is 2.28. The van der Waals surface area contributed by atoms with Gasteiger partial charge in [-0.05, 0) is 124 Å². The summed E-state index contributed by atoms with van der Waals surface area (Å²) < 4.78 is 5.46. The maximum atomic E-state index is 12.4. The molecule has 4 aliphatic carbocycles. The Morgan fingerprint density at radius 2 is 1.88 bits per heavy atom. The van der Waals surface area contributed by atoms with Crippen LogP contribution in [-0.4, -0.2) is 46.2 Å². The zero-order chi connectivity index (χ0) is 22.7. The SMILES string of the molecule is C[C@]12CCC(SCCN3CCCC3)CC1CC[C@@H]1[C@H]2CC[C@]2(C)C(c3ccoc3)CC[C@@]12O. The summed E-state index contributed by atoms with van der Waals surface area (Å²) in [5, 5.41) is 13.2. The van der Waals surface area contributed by atoms with Gasteiger partial charge in [-0.25, -0.2) is 0 Å². The van der Waals surface area contributed by atoms with Gasteiger partial charge in [-0.2, -0.15) is 11.8 Å². The van der Waals surface area contributed by atoms with Crippen LogP contribution in [0.4, 0.5) is 0 Å². The maximum Gasteiger partial charge on any atom is 0.0937 e. The third-order valence-corrected chi connectivity index (χ3v) is 13.0. The van der Waals surface area contributed by atoms with E-state index < -0.39 is 5.60 Å². The standard InChI is InChI=1S/C29H45NO2S/c1-27-11-7-23(33-18-16-30-14-3-4-15-30)19-22(27)5-6-26-25(27)8-12-28(2)24(9-13-29(26,28)31)21-10-17-32-20-21/h10,17,20,22-26,31H,3-9,11-16,18-19H2,1-2H3/t22?,23?,24?,25-,26-,27+,28-,29-/m1/s1. The van der Waals surface area contributed by atoms with Gasteiger partial charge in [0, 0.05) is 23.0 Å². The fraction of sp³-hybridized carbons (Fsp3) is 0.862. The van der Waals surface area contributed by atoms with Crippen LogP contribution in [0.5, 0.6) is 0 Å². The average Bonchev–Trinajstić information content (AvgIpc) is 3.55. The van der Waals surface area contributed by atoms with Gasteiger partial charge >= 0.3 is 0 Å². The van der Waals surface area contributed by atoms with Crippen LogP contribution in [-0.2, 0) is 0 Å². The Kier molecular flexibility index (Phi) is 5.98. The lowest BCUT2D eigenvalue weighted by atomic mass is 9.43.